The SMILES string of the molecule is CC(C)N(CC(F)(F)F)c1nc(N)nc(N2CCCC2)n1. The molecule has 0 bridgehead atoms. The topological polar surface area (TPSA) is 71.2 Å². The molecule has 2 rings (SSSR count). The van der Waals surface area contributed by atoms with Crippen LogP contribution in [0.2, 0.25) is 0 Å². The molecule has 21 heavy (non-hydrogen) atoms. The number of rotatable bonds is 4. The molecule has 2 N–H and O–H groups in total. The number of anilines is 3. The highest BCUT2D eigenvalue weighted by Gasteiger charge is 2.33. The smallest absolute Gasteiger partial charge is 0.368 e. The van der Waals surface area contributed by atoms with Crippen molar-refractivity contribution in [2.45, 2.75) is 38.9 Å². The van der Waals surface area contributed by atoms with Crippen molar-refractivity contribution < 1.29 is 13.2 Å². The van der Waals surface area contributed by atoms with Gasteiger partial charge in [0, 0.05) is 19.1 Å². The van der Waals surface area contributed by atoms with Crippen LogP contribution in [0.25, 0.3) is 0 Å². The van der Waals surface area contributed by atoms with Gasteiger partial charge in [0.1, 0.15) is 6.54 Å². The highest BCUT2D eigenvalue weighted by atomic mass is 19.4. The third-order valence-electron chi connectivity index (χ3n) is 3.25. The van der Waals surface area contributed by atoms with Gasteiger partial charge in [-0.3, -0.25) is 0 Å². The lowest BCUT2D eigenvalue weighted by molar-refractivity contribution is -0.120. The van der Waals surface area contributed by atoms with Gasteiger partial charge in [0.15, 0.2) is 0 Å². The second kappa shape index (κ2) is 5.90. The van der Waals surface area contributed by atoms with E-state index in [0.717, 1.165) is 30.8 Å². The first kappa shape index (κ1) is 15.6. The summed E-state index contributed by atoms with van der Waals surface area (Å²) < 4.78 is 38.1. The molecule has 0 amide bonds. The van der Waals surface area contributed by atoms with Gasteiger partial charge in [0.2, 0.25) is 17.8 Å². The van der Waals surface area contributed by atoms with E-state index in [2.05, 4.69) is 15.0 Å². The van der Waals surface area contributed by atoms with Crippen molar-refractivity contribution in [1.29, 1.82) is 0 Å². The summed E-state index contributed by atoms with van der Waals surface area (Å²) in [5, 5.41) is 0. The summed E-state index contributed by atoms with van der Waals surface area (Å²) in [5.74, 6) is 0.259. The average Bonchev–Trinajstić information content (AvgIpc) is 2.87. The largest absolute Gasteiger partial charge is 0.406 e. The van der Waals surface area contributed by atoms with Crippen LogP contribution < -0.4 is 15.5 Å². The number of aromatic nitrogens is 3. The van der Waals surface area contributed by atoms with Gasteiger partial charge >= 0.3 is 6.18 Å². The third-order valence-corrected chi connectivity index (χ3v) is 3.25. The second-order valence-corrected chi connectivity index (χ2v) is 5.32. The number of hydrogen-bond donors (Lipinski definition) is 1. The molecule has 1 aromatic rings. The van der Waals surface area contributed by atoms with Crippen LogP contribution >= 0.6 is 0 Å². The van der Waals surface area contributed by atoms with Crippen LogP contribution in [0.15, 0.2) is 0 Å². The number of nitrogens with two attached hydrogens (primary N) is 1. The van der Waals surface area contributed by atoms with Gasteiger partial charge in [-0.1, -0.05) is 0 Å². The Balaban J connectivity index is 2.31. The molecule has 0 saturated carbocycles. The van der Waals surface area contributed by atoms with E-state index in [-0.39, 0.29) is 11.9 Å². The summed E-state index contributed by atoms with van der Waals surface area (Å²) in [6.07, 6.45) is -2.31. The van der Waals surface area contributed by atoms with Gasteiger partial charge in [-0.05, 0) is 26.7 Å². The first-order chi connectivity index (χ1) is 9.76. The summed E-state index contributed by atoms with van der Waals surface area (Å²) in [4.78, 5) is 15.1. The lowest BCUT2D eigenvalue weighted by Gasteiger charge is -2.28. The molecule has 1 aromatic heterocycles. The quantitative estimate of drug-likeness (QED) is 0.915. The number of alkyl halides is 3. The van der Waals surface area contributed by atoms with E-state index < -0.39 is 18.8 Å². The van der Waals surface area contributed by atoms with Crippen molar-refractivity contribution >= 4 is 17.8 Å². The van der Waals surface area contributed by atoms with Gasteiger partial charge in [-0.15, -0.1) is 0 Å². The van der Waals surface area contributed by atoms with Crippen molar-refractivity contribution in [3.8, 4) is 0 Å². The minimum Gasteiger partial charge on any atom is -0.368 e. The van der Waals surface area contributed by atoms with Crippen LogP contribution in [0.4, 0.5) is 31.0 Å². The fourth-order valence-electron chi connectivity index (χ4n) is 2.23. The number of nitrogens with zero attached hydrogens (tertiary/aromatic N) is 5. The first-order valence-electron chi connectivity index (χ1n) is 6.86. The van der Waals surface area contributed by atoms with Gasteiger partial charge in [0.05, 0.1) is 0 Å². The van der Waals surface area contributed by atoms with Crippen molar-refractivity contribution in [3.05, 3.63) is 0 Å². The van der Waals surface area contributed by atoms with Crippen LogP contribution in [0, 0.1) is 0 Å². The Labute approximate surface area is 121 Å². The Morgan fingerprint density at radius 3 is 2.33 bits per heavy atom. The molecule has 0 unspecified atom stereocenters. The molecule has 1 aliphatic heterocycles. The zero-order chi connectivity index (χ0) is 15.6. The van der Waals surface area contributed by atoms with E-state index in [1.165, 1.54) is 0 Å². The summed E-state index contributed by atoms with van der Waals surface area (Å²) >= 11 is 0. The third kappa shape index (κ3) is 4.08. The van der Waals surface area contributed by atoms with E-state index in [9.17, 15) is 13.2 Å². The molecule has 0 radical (unpaired) electrons. The number of halogens is 3. The zero-order valence-corrected chi connectivity index (χ0v) is 12.1. The normalized spacial score (nSPS) is 15.8. The number of nitrogen functional groups attached to an aromatic ring is 1. The van der Waals surface area contributed by atoms with Crippen LogP contribution in [0.1, 0.15) is 26.7 Å². The first-order valence-corrected chi connectivity index (χ1v) is 6.86. The highest BCUT2D eigenvalue weighted by Crippen LogP contribution is 2.24. The molecule has 1 fully saturated rings. The van der Waals surface area contributed by atoms with Crippen molar-refractivity contribution in [1.82, 2.24) is 15.0 Å². The molecule has 6 nitrogen and oxygen atoms in total. The molecule has 2 heterocycles. The maximum Gasteiger partial charge on any atom is 0.406 e. The summed E-state index contributed by atoms with van der Waals surface area (Å²) in [7, 11) is 0. The summed E-state index contributed by atoms with van der Waals surface area (Å²) in [5.41, 5.74) is 5.63. The molecule has 0 spiro atoms. The lowest BCUT2D eigenvalue weighted by Crippen LogP contribution is -2.40. The maximum atomic E-state index is 12.7. The fraction of sp³-hybridized carbons (Fsp3) is 0.750. The van der Waals surface area contributed by atoms with E-state index in [4.69, 9.17) is 5.73 Å². The van der Waals surface area contributed by atoms with Crippen LogP contribution in [0.3, 0.4) is 0 Å². The van der Waals surface area contributed by atoms with Gasteiger partial charge in [-0.2, -0.15) is 28.1 Å². The van der Waals surface area contributed by atoms with Gasteiger partial charge in [0.25, 0.3) is 0 Å². The molecule has 1 aliphatic rings. The molecule has 9 heteroatoms. The van der Waals surface area contributed by atoms with Crippen molar-refractivity contribution in [2.75, 3.05) is 35.2 Å². The van der Waals surface area contributed by atoms with E-state index in [1.807, 2.05) is 4.90 Å². The molecule has 118 valence electrons. The molecule has 0 atom stereocenters. The van der Waals surface area contributed by atoms with Crippen molar-refractivity contribution in [3.63, 3.8) is 0 Å². The van der Waals surface area contributed by atoms with Crippen LogP contribution in [-0.4, -0.2) is 46.8 Å². The van der Waals surface area contributed by atoms with Gasteiger partial charge < -0.3 is 15.5 Å². The standard InChI is InChI=1S/C12H19F3N6/c1-8(2)21(7-12(13,14)15)11-18-9(16)17-10(19-11)20-5-3-4-6-20/h8H,3-7H2,1-2H3,(H2,16,17,18,19). The van der Waals surface area contributed by atoms with Gasteiger partial charge in [-0.25, -0.2) is 0 Å². The van der Waals surface area contributed by atoms with E-state index in [0.29, 0.717) is 5.95 Å². The summed E-state index contributed by atoms with van der Waals surface area (Å²) in [6.45, 7) is 3.75. The maximum absolute atomic E-state index is 12.7. The lowest BCUT2D eigenvalue weighted by atomic mass is 10.3. The average molecular weight is 304 g/mol. The monoisotopic (exact) mass is 304 g/mol. The second-order valence-electron chi connectivity index (χ2n) is 5.32. The van der Waals surface area contributed by atoms with E-state index in [1.54, 1.807) is 13.8 Å². The Bertz CT molecular complexity index is 484. The Morgan fingerprint density at radius 2 is 1.81 bits per heavy atom. The molecule has 1 saturated heterocycles. The minimum atomic E-state index is -4.33. The molecule has 0 aliphatic carbocycles. The highest BCUT2D eigenvalue weighted by molar-refractivity contribution is 5.44. The summed E-state index contributed by atoms with van der Waals surface area (Å²) in [6, 6.07) is -0.403. The fourth-order valence-corrected chi connectivity index (χ4v) is 2.23. The zero-order valence-electron chi connectivity index (χ0n) is 12.1. The van der Waals surface area contributed by atoms with Crippen LogP contribution in [0.5, 0.6) is 0 Å². The molecular formula is C12H19F3N6. The molecule has 0 aromatic carbocycles. The van der Waals surface area contributed by atoms with Crippen molar-refractivity contribution in [2.24, 2.45) is 0 Å². The molecular weight excluding hydrogens is 285 g/mol. The Kier molecular flexibility index (Phi) is 4.38. The van der Waals surface area contributed by atoms with Crippen LogP contribution in [-0.2, 0) is 0 Å². The predicted molar refractivity (Wildman–Crippen MR) is 74.2 cm³/mol. The number of hydrogen-bond acceptors (Lipinski definition) is 6. The van der Waals surface area contributed by atoms with E-state index >= 15 is 0 Å². The Hall–Kier alpha value is -1.80. The predicted octanol–water partition coefficient (Wildman–Crippen LogP) is 1.83. The minimum absolute atomic E-state index is 0.0308. The Morgan fingerprint density at radius 1 is 1.19 bits per heavy atom.